The summed E-state index contributed by atoms with van der Waals surface area (Å²) in [7, 11) is 0. The topological polar surface area (TPSA) is 80.3 Å². The molecule has 0 fully saturated rings. The van der Waals surface area contributed by atoms with Crippen molar-refractivity contribution in [3.8, 4) is 5.69 Å². The van der Waals surface area contributed by atoms with Gasteiger partial charge < -0.3 is 14.8 Å². The number of nitrogens with zero attached hydrogens (tertiary/aromatic N) is 2. The Kier molecular flexibility index (Phi) is 4.12. The molecule has 1 atom stereocenters. The number of hydrogen-bond acceptors (Lipinski definition) is 4. The van der Waals surface area contributed by atoms with E-state index in [9.17, 15) is 9.90 Å². The van der Waals surface area contributed by atoms with Gasteiger partial charge in [0, 0.05) is 12.0 Å². The van der Waals surface area contributed by atoms with Crippen LogP contribution >= 0.6 is 0 Å². The van der Waals surface area contributed by atoms with Crippen LogP contribution in [0.3, 0.4) is 0 Å². The summed E-state index contributed by atoms with van der Waals surface area (Å²) in [5, 5.41) is 17.1. The van der Waals surface area contributed by atoms with Crippen LogP contribution in [-0.4, -0.2) is 20.8 Å². The fraction of sp³-hybridized carbons (Fsp3) is 0.300. The Bertz CT molecular complexity index is 941. The van der Waals surface area contributed by atoms with Gasteiger partial charge in [-0.1, -0.05) is 32.0 Å². The Labute approximate surface area is 151 Å². The number of rotatable bonds is 4. The number of amides is 1. The fourth-order valence-electron chi connectivity index (χ4n) is 3.47. The molecule has 4 rings (SSSR count). The summed E-state index contributed by atoms with van der Waals surface area (Å²) < 4.78 is 7.56. The number of carbonyl (C=O) groups is 1. The van der Waals surface area contributed by atoms with Gasteiger partial charge in [-0.15, -0.1) is 0 Å². The van der Waals surface area contributed by atoms with Gasteiger partial charge in [-0.05, 0) is 30.2 Å². The second kappa shape index (κ2) is 6.46. The first-order valence-corrected chi connectivity index (χ1v) is 8.76. The van der Waals surface area contributed by atoms with Crippen molar-refractivity contribution in [1.82, 2.24) is 9.78 Å². The number of para-hydroxylation sites is 1. The maximum atomic E-state index is 12.4. The number of benzene rings is 1. The van der Waals surface area contributed by atoms with Gasteiger partial charge in [-0.25, -0.2) is 4.68 Å². The molecule has 0 aliphatic carbocycles. The molecular weight excluding hydrogens is 330 g/mol. The summed E-state index contributed by atoms with van der Waals surface area (Å²) in [6.07, 6.45) is 0.297. The highest BCUT2D eigenvalue weighted by molar-refractivity contribution is 5.95. The molecule has 6 heteroatoms. The summed E-state index contributed by atoms with van der Waals surface area (Å²) in [6, 6.07) is 13.3. The van der Waals surface area contributed by atoms with Crippen molar-refractivity contribution in [2.75, 3.05) is 5.32 Å². The molecule has 6 nitrogen and oxygen atoms in total. The Morgan fingerprint density at radius 2 is 2.04 bits per heavy atom. The van der Waals surface area contributed by atoms with Gasteiger partial charge in [-0.2, -0.15) is 5.10 Å². The number of nitrogens with one attached hydrogen (secondary N) is 1. The van der Waals surface area contributed by atoms with E-state index in [-0.39, 0.29) is 24.3 Å². The average molecular weight is 351 g/mol. The van der Waals surface area contributed by atoms with Crippen LogP contribution in [0.4, 0.5) is 5.82 Å². The van der Waals surface area contributed by atoms with Crippen LogP contribution in [0.5, 0.6) is 0 Å². The molecular formula is C20H21N3O3. The van der Waals surface area contributed by atoms with Crippen molar-refractivity contribution >= 4 is 11.7 Å². The van der Waals surface area contributed by atoms with E-state index in [2.05, 4.69) is 19.2 Å². The van der Waals surface area contributed by atoms with Crippen molar-refractivity contribution in [1.29, 1.82) is 0 Å². The van der Waals surface area contributed by atoms with Gasteiger partial charge in [-0.3, -0.25) is 4.79 Å². The maximum absolute atomic E-state index is 12.4. The van der Waals surface area contributed by atoms with E-state index in [1.165, 1.54) is 0 Å². The molecule has 3 heterocycles. The van der Waals surface area contributed by atoms with E-state index in [1.807, 2.05) is 36.4 Å². The molecule has 0 saturated carbocycles. The molecule has 0 unspecified atom stereocenters. The average Bonchev–Trinajstić information content (AvgIpc) is 3.26. The number of furan rings is 1. The molecule has 1 aliphatic heterocycles. The third kappa shape index (κ3) is 2.72. The van der Waals surface area contributed by atoms with E-state index in [0.29, 0.717) is 23.8 Å². The quantitative estimate of drug-likeness (QED) is 0.753. The molecule has 134 valence electrons. The normalized spacial score (nSPS) is 16.6. The van der Waals surface area contributed by atoms with Gasteiger partial charge in [0.25, 0.3) is 0 Å². The lowest BCUT2D eigenvalue weighted by molar-refractivity contribution is -0.116. The summed E-state index contributed by atoms with van der Waals surface area (Å²) in [5.41, 5.74) is 2.82. The third-order valence-electron chi connectivity index (χ3n) is 4.68. The molecule has 1 amide bonds. The molecule has 26 heavy (non-hydrogen) atoms. The van der Waals surface area contributed by atoms with Crippen molar-refractivity contribution in [3.63, 3.8) is 0 Å². The van der Waals surface area contributed by atoms with Crippen LogP contribution in [-0.2, 0) is 11.4 Å². The maximum Gasteiger partial charge on any atom is 0.226 e. The van der Waals surface area contributed by atoms with Crippen LogP contribution in [0, 0.1) is 0 Å². The fourth-order valence-corrected chi connectivity index (χ4v) is 3.47. The second-order valence-electron chi connectivity index (χ2n) is 6.82. The Morgan fingerprint density at radius 3 is 2.69 bits per heavy atom. The standard InChI is InChI=1S/C20H21N3O3/c1-12(2)19-18-15(16-9-8-14(11-24)26-16)10-17(25)21-20(18)23(22-19)13-6-4-3-5-7-13/h3-9,12,15,24H,10-11H2,1-2H3,(H,21,25)/t15-/m1/s1. The van der Waals surface area contributed by atoms with Gasteiger partial charge in [0.1, 0.15) is 23.9 Å². The van der Waals surface area contributed by atoms with E-state index >= 15 is 0 Å². The molecule has 2 aromatic heterocycles. The van der Waals surface area contributed by atoms with E-state index in [4.69, 9.17) is 9.52 Å². The van der Waals surface area contributed by atoms with E-state index in [1.54, 1.807) is 10.7 Å². The molecule has 1 aliphatic rings. The number of aliphatic hydroxyl groups is 1. The van der Waals surface area contributed by atoms with Crippen molar-refractivity contribution in [3.05, 3.63) is 65.2 Å². The minimum Gasteiger partial charge on any atom is -0.463 e. The number of aliphatic hydroxyl groups excluding tert-OH is 1. The predicted molar refractivity (Wildman–Crippen MR) is 97.4 cm³/mol. The Morgan fingerprint density at radius 1 is 1.27 bits per heavy atom. The van der Waals surface area contributed by atoms with Gasteiger partial charge in [0.15, 0.2) is 0 Å². The first-order valence-electron chi connectivity index (χ1n) is 8.76. The van der Waals surface area contributed by atoms with Crippen molar-refractivity contribution < 1.29 is 14.3 Å². The van der Waals surface area contributed by atoms with Gasteiger partial charge in [0.2, 0.25) is 5.91 Å². The SMILES string of the molecule is CC(C)c1nn(-c2ccccc2)c2c1[C@@H](c1ccc(CO)o1)CC(=O)N2. The Balaban J connectivity index is 1.91. The number of hydrogen-bond donors (Lipinski definition) is 2. The monoisotopic (exact) mass is 351 g/mol. The molecule has 1 aromatic carbocycles. The zero-order valence-corrected chi connectivity index (χ0v) is 14.8. The van der Waals surface area contributed by atoms with Crippen LogP contribution < -0.4 is 5.32 Å². The van der Waals surface area contributed by atoms with E-state index < -0.39 is 0 Å². The highest BCUT2D eigenvalue weighted by Gasteiger charge is 2.36. The van der Waals surface area contributed by atoms with Gasteiger partial charge in [0.05, 0.1) is 17.3 Å². The number of anilines is 1. The van der Waals surface area contributed by atoms with Crippen LogP contribution in [0.1, 0.15) is 54.9 Å². The number of carbonyl (C=O) groups excluding carboxylic acids is 1. The molecule has 0 spiro atoms. The van der Waals surface area contributed by atoms with Crippen molar-refractivity contribution in [2.24, 2.45) is 0 Å². The van der Waals surface area contributed by atoms with Gasteiger partial charge >= 0.3 is 0 Å². The van der Waals surface area contributed by atoms with Crippen molar-refractivity contribution in [2.45, 2.75) is 38.7 Å². The molecule has 0 radical (unpaired) electrons. The molecule has 3 aromatic rings. The van der Waals surface area contributed by atoms with Crippen LogP contribution in [0.15, 0.2) is 46.9 Å². The smallest absolute Gasteiger partial charge is 0.226 e. The third-order valence-corrected chi connectivity index (χ3v) is 4.68. The minimum atomic E-state index is -0.214. The summed E-state index contributed by atoms with van der Waals surface area (Å²) >= 11 is 0. The molecule has 0 saturated heterocycles. The summed E-state index contributed by atoms with van der Waals surface area (Å²) in [5.74, 6) is 1.78. The summed E-state index contributed by atoms with van der Waals surface area (Å²) in [6.45, 7) is 4.02. The molecule has 0 bridgehead atoms. The van der Waals surface area contributed by atoms with Crippen LogP contribution in [0.25, 0.3) is 5.69 Å². The largest absolute Gasteiger partial charge is 0.463 e. The lowest BCUT2D eigenvalue weighted by Gasteiger charge is -2.23. The second-order valence-corrected chi connectivity index (χ2v) is 6.82. The summed E-state index contributed by atoms with van der Waals surface area (Å²) in [4.78, 5) is 12.4. The predicted octanol–water partition coefficient (Wildman–Crippen LogP) is 3.56. The highest BCUT2D eigenvalue weighted by Crippen LogP contribution is 2.42. The van der Waals surface area contributed by atoms with Crippen LogP contribution in [0.2, 0.25) is 0 Å². The minimum absolute atomic E-state index is 0.0724. The Hall–Kier alpha value is -2.86. The zero-order chi connectivity index (χ0) is 18.3. The first-order chi connectivity index (χ1) is 12.6. The number of aromatic nitrogens is 2. The zero-order valence-electron chi connectivity index (χ0n) is 14.8. The lowest BCUT2D eigenvalue weighted by Crippen LogP contribution is -2.25. The first kappa shape index (κ1) is 16.6. The molecule has 2 N–H and O–H groups in total. The highest BCUT2D eigenvalue weighted by atomic mass is 16.4. The lowest BCUT2D eigenvalue weighted by atomic mass is 9.87. The number of fused-ring (bicyclic) bond motifs is 1. The van der Waals surface area contributed by atoms with E-state index in [0.717, 1.165) is 16.9 Å².